The van der Waals surface area contributed by atoms with Gasteiger partial charge < -0.3 is 29.0 Å². The number of nitrogens with one attached hydrogen (secondary N) is 1. The molecule has 0 aliphatic carbocycles. The zero-order chi connectivity index (χ0) is 25.3. The summed E-state index contributed by atoms with van der Waals surface area (Å²) in [7, 11) is 1.62. The van der Waals surface area contributed by atoms with Crippen molar-refractivity contribution in [3.05, 3.63) is 59.8 Å². The van der Waals surface area contributed by atoms with Crippen LogP contribution in [-0.4, -0.2) is 59.8 Å². The second-order valence-corrected chi connectivity index (χ2v) is 9.63. The summed E-state index contributed by atoms with van der Waals surface area (Å²) in [5.41, 5.74) is 1.26. The maximum Gasteiger partial charge on any atom is 0.271 e. The SMILES string of the molecule is CCOc1ccc(CN2C(=O)c3cc4ccc(OC)cc4n3C[C@@]2(C)C(=O)NC[C@@H]2CCCO2)cc1. The van der Waals surface area contributed by atoms with E-state index < -0.39 is 5.54 Å². The third-order valence-electron chi connectivity index (χ3n) is 7.22. The normalized spacial score (nSPS) is 21.5. The number of benzene rings is 2. The largest absolute Gasteiger partial charge is 0.497 e. The van der Waals surface area contributed by atoms with Crippen LogP contribution < -0.4 is 14.8 Å². The van der Waals surface area contributed by atoms with Gasteiger partial charge in [-0.1, -0.05) is 12.1 Å². The van der Waals surface area contributed by atoms with E-state index in [1.807, 2.05) is 66.9 Å². The van der Waals surface area contributed by atoms with Crippen molar-refractivity contribution in [3.63, 3.8) is 0 Å². The molecule has 5 rings (SSSR count). The summed E-state index contributed by atoms with van der Waals surface area (Å²) < 4.78 is 18.6. The highest BCUT2D eigenvalue weighted by atomic mass is 16.5. The Labute approximate surface area is 211 Å². The Morgan fingerprint density at radius 1 is 1.17 bits per heavy atom. The first-order valence-corrected chi connectivity index (χ1v) is 12.5. The molecule has 3 aromatic rings. The van der Waals surface area contributed by atoms with Gasteiger partial charge in [-0.3, -0.25) is 9.59 Å². The van der Waals surface area contributed by atoms with Gasteiger partial charge in [0, 0.05) is 31.1 Å². The number of rotatable bonds is 8. The van der Waals surface area contributed by atoms with Gasteiger partial charge in [0.15, 0.2) is 0 Å². The van der Waals surface area contributed by atoms with Gasteiger partial charge in [-0.15, -0.1) is 0 Å². The number of carbonyl (C=O) groups excluding carboxylic acids is 2. The molecule has 0 saturated carbocycles. The number of hydrogen-bond donors (Lipinski definition) is 1. The van der Waals surface area contributed by atoms with Crippen LogP contribution in [0.4, 0.5) is 0 Å². The molecule has 2 aliphatic heterocycles. The van der Waals surface area contributed by atoms with E-state index in [2.05, 4.69) is 5.32 Å². The van der Waals surface area contributed by atoms with E-state index in [0.717, 1.165) is 41.7 Å². The standard InChI is InChI=1S/C28H33N3O5/c1-4-35-21-10-7-19(8-11-21)17-31-26(32)25-14-20-9-12-22(34-3)15-24(20)30(25)18-28(31,2)27(33)29-16-23-6-5-13-36-23/h7-12,14-15,23H,4-6,13,16-18H2,1-3H3,(H,29,33)/t23-,28-/m0/s1. The van der Waals surface area contributed by atoms with Crippen LogP contribution in [0.15, 0.2) is 48.5 Å². The van der Waals surface area contributed by atoms with Crippen LogP contribution in [0.2, 0.25) is 0 Å². The fourth-order valence-corrected chi connectivity index (χ4v) is 5.15. The predicted molar refractivity (Wildman–Crippen MR) is 136 cm³/mol. The van der Waals surface area contributed by atoms with Crippen molar-refractivity contribution in [2.75, 3.05) is 26.9 Å². The zero-order valence-corrected chi connectivity index (χ0v) is 21.1. The Hall–Kier alpha value is -3.52. The van der Waals surface area contributed by atoms with Gasteiger partial charge in [0.2, 0.25) is 5.91 Å². The maximum atomic E-state index is 13.9. The lowest BCUT2D eigenvalue weighted by atomic mass is 9.93. The van der Waals surface area contributed by atoms with Gasteiger partial charge >= 0.3 is 0 Å². The summed E-state index contributed by atoms with van der Waals surface area (Å²) >= 11 is 0. The van der Waals surface area contributed by atoms with Gasteiger partial charge in [0.05, 0.1) is 31.9 Å². The number of aromatic nitrogens is 1. The third kappa shape index (κ3) is 4.41. The first-order chi connectivity index (χ1) is 17.4. The number of fused-ring (bicyclic) bond motifs is 3. The van der Waals surface area contributed by atoms with Gasteiger partial charge in [-0.05, 0) is 62.6 Å². The van der Waals surface area contributed by atoms with E-state index in [1.54, 1.807) is 12.0 Å². The zero-order valence-electron chi connectivity index (χ0n) is 21.1. The lowest BCUT2D eigenvalue weighted by molar-refractivity contribution is -0.133. The van der Waals surface area contributed by atoms with Crippen LogP contribution in [0.3, 0.4) is 0 Å². The Kier molecular flexibility index (Phi) is 6.62. The third-order valence-corrected chi connectivity index (χ3v) is 7.22. The number of carbonyl (C=O) groups is 2. The molecule has 2 aliphatic rings. The van der Waals surface area contributed by atoms with Crippen LogP contribution in [0.1, 0.15) is 42.7 Å². The molecule has 1 saturated heterocycles. The smallest absolute Gasteiger partial charge is 0.271 e. The summed E-state index contributed by atoms with van der Waals surface area (Å²) in [4.78, 5) is 29.4. The minimum Gasteiger partial charge on any atom is -0.497 e. The molecule has 2 aromatic carbocycles. The van der Waals surface area contributed by atoms with Crippen molar-refractivity contribution in [2.24, 2.45) is 0 Å². The molecule has 2 amide bonds. The second kappa shape index (κ2) is 9.85. The van der Waals surface area contributed by atoms with Crippen LogP contribution in [0.5, 0.6) is 11.5 Å². The molecule has 8 nitrogen and oxygen atoms in total. The second-order valence-electron chi connectivity index (χ2n) is 9.63. The van der Waals surface area contributed by atoms with Crippen molar-refractivity contribution in [3.8, 4) is 11.5 Å². The van der Waals surface area contributed by atoms with E-state index in [9.17, 15) is 9.59 Å². The Balaban J connectivity index is 1.50. The van der Waals surface area contributed by atoms with Crippen LogP contribution in [0, 0.1) is 0 Å². The van der Waals surface area contributed by atoms with E-state index in [1.165, 1.54) is 0 Å². The molecule has 0 spiro atoms. The highest BCUT2D eigenvalue weighted by molar-refractivity contribution is 6.03. The van der Waals surface area contributed by atoms with E-state index in [4.69, 9.17) is 14.2 Å². The molecule has 190 valence electrons. The van der Waals surface area contributed by atoms with E-state index >= 15 is 0 Å². The predicted octanol–water partition coefficient (Wildman–Crippen LogP) is 3.76. The number of amides is 2. The van der Waals surface area contributed by atoms with E-state index in [-0.39, 0.29) is 17.9 Å². The van der Waals surface area contributed by atoms with Crippen molar-refractivity contribution < 1.29 is 23.8 Å². The first kappa shape index (κ1) is 24.2. The molecule has 3 heterocycles. The average Bonchev–Trinajstić information content (AvgIpc) is 3.54. The van der Waals surface area contributed by atoms with Crippen LogP contribution >= 0.6 is 0 Å². The summed E-state index contributed by atoms with van der Waals surface area (Å²) in [5.74, 6) is 1.11. The Bertz CT molecular complexity index is 1260. The number of nitrogens with zero attached hydrogens (tertiary/aromatic N) is 2. The minimum absolute atomic E-state index is 0.0173. The molecule has 1 aromatic heterocycles. The molecule has 8 heteroatoms. The minimum atomic E-state index is -1.10. The highest BCUT2D eigenvalue weighted by Crippen LogP contribution is 2.35. The number of ether oxygens (including phenoxy) is 3. The Morgan fingerprint density at radius 3 is 2.64 bits per heavy atom. The summed E-state index contributed by atoms with van der Waals surface area (Å²) in [6.07, 6.45) is 1.95. The van der Waals surface area contributed by atoms with Crippen molar-refractivity contribution in [1.82, 2.24) is 14.8 Å². The number of methoxy groups -OCH3 is 1. The Morgan fingerprint density at radius 2 is 1.94 bits per heavy atom. The molecule has 1 N–H and O–H groups in total. The van der Waals surface area contributed by atoms with Crippen molar-refractivity contribution >= 4 is 22.7 Å². The lowest BCUT2D eigenvalue weighted by Crippen LogP contribution is -2.64. The molecule has 36 heavy (non-hydrogen) atoms. The van der Waals surface area contributed by atoms with Gasteiger partial charge in [-0.2, -0.15) is 0 Å². The molecule has 2 atom stereocenters. The van der Waals surface area contributed by atoms with E-state index in [0.29, 0.717) is 37.7 Å². The molecular weight excluding hydrogens is 458 g/mol. The van der Waals surface area contributed by atoms with Crippen molar-refractivity contribution in [2.45, 2.75) is 51.4 Å². The van der Waals surface area contributed by atoms with Crippen LogP contribution in [0.25, 0.3) is 10.9 Å². The van der Waals surface area contributed by atoms with Gasteiger partial charge in [0.1, 0.15) is 22.7 Å². The maximum absolute atomic E-state index is 13.9. The monoisotopic (exact) mass is 491 g/mol. The fraction of sp³-hybridized carbons (Fsp3) is 0.429. The molecular formula is C28H33N3O5. The molecule has 0 radical (unpaired) electrons. The molecule has 0 bridgehead atoms. The highest BCUT2D eigenvalue weighted by Gasteiger charge is 2.47. The summed E-state index contributed by atoms with van der Waals surface area (Å²) in [5, 5.41) is 4.01. The number of hydrogen-bond acceptors (Lipinski definition) is 5. The summed E-state index contributed by atoms with van der Waals surface area (Å²) in [6, 6.07) is 15.3. The first-order valence-electron chi connectivity index (χ1n) is 12.5. The van der Waals surface area contributed by atoms with Crippen LogP contribution in [-0.2, 0) is 22.6 Å². The quantitative estimate of drug-likeness (QED) is 0.519. The van der Waals surface area contributed by atoms with Gasteiger partial charge in [-0.25, -0.2) is 0 Å². The van der Waals surface area contributed by atoms with Gasteiger partial charge in [0.25, 0.3) is 5.91 Å². The average molecular weight is 492 g/mol. The lowest BCUT2D eigenvalue weighted by Gasteiger charge is -2.44. The van der Waals surface area contributed by atoms with Crippen molar-refractivity contribution in [1.29, 1.82) is 0 Å². The molecule has 0 unspecified atom stereocenters. The topological polar surface area (TPSA) is 82.0 Å². The fourth-order valence-electron chi connectivity index (χ4n) is 5.15. The molecule has 1 fully saturated rings. The summed E-state index contributed by atoms with van der Waals surface area (Å²) in [6.45, 7) is 6.17.